The number of alkyl halides is 3. The molecule has 0 radical (unpaired) electrons. The number of likely N-dealkylation sites (tertiary alicyclic amines) is 1. The number of hydrogen-bond acceptors (Lipinski definition) is 5. The van der Waals surface area contributed by atoms with Gasteiger partial charge >= 0.3 is 6.18 Å². The molecule has 3 rings (SSSR count). The van der Waals surface area contributed by atoms with Gasteiger partial charge in [0.1, 0.15) is 0 Å². The minimum atomic E-state index is -4.63. The Morgan fingerprint density at radius 3 is 2.68 bits per heavy atom. The lowest BCUT2D eigenvalue weighted by Gasteiger charge is -2.34. The van der Waals surface area contributed by atoms with Gasteiger partial charge in [0.2, 0.25) is 5.91 Å². The lowest BCUT2D eigenvalue weighted by molar-refractivity contribution is -0.144. The number of amides is 1. The van der Waals surface area contributed by atoms with Crippen molar-refractivity contribution in [3.05, 3.63) is 22.8 Å². The van der Waals surface area contributed by atoms with Crippen molar-refractivity contribution in [3.8, 4) is 0 Å². The van der Waals surface area contributed by atoms with Crippen molar-refractivity contribution in [2.75, 3.05) is 13.1 Å². The molecule has 3 heterocycles. The van der Waals surface area contributed by atoms with Crippen molar-refractivity contribution >= 4 is 11.7 Å². The highest BCUT2D eigenvalue weighted by Crippen LogP contribution is 2.27. The summed E-state index contributed by atoms with van der Waals surface area (Å²) in [6, 6.07) is 0.0434. The van der Waals surface area contributed by atoms with Crippen molar-refractivity contribution in [2.45, 2.75) is 58.7 Å². The van der Waals surface area contributed by atoms with Crippen LogP contribution in [-0.2, 0) is 17.4 Å². The van der Waals surface area contributed by atoms with E-state index in [1.807, 2.05) is 11.8 Å². The lowest BCUT2D eigenvalue weighted by atomic mass is 9.92. The summed E-state index contributed by atoms with van der Waals surface area (Å²) in [6.45, 7) is 6.71. The Morgan fingerprint density at radius 1 is 1.32 bits per heavy atom. The van der Waals surface area contributed by atoms with E-state index in [0.717, 1.165) is 29.5 Å². The third-order valence-electron chi connectivity index (χ3n) is 5.45. The standard InChI is InChI=1S/C18H25F3N6O/c1-10(22)13-5-4-8-26(9-13)15(28)7-6-14-11(2)23-17-24-16(18(19,20)21)25-27(17)12(14)3/h10,13H,4-9,22H2,1-3H3. The Balaban J connectivity index is 1.76. The number of rotatable bonds is 4. The van der Waals surface area contributed by atoms with Crippen molar-refractivity contribution < 1.29 is 18.0 Å². The Morgan fingerprint density at radius 2 is 2.04 bits per heavy atom. The average Bonchev–Trinajstić information content (AvgIpc) is 3.06. The number of carbonyl (C=O) groups is 1. The quantitative estimate of drug-likeness (QED) is 0.854. The van der Waals surface area contributed by atoms with Crippen LogP contribution < -0.4 is 5.73 Å². The zero-order valence-electron chi connectivity index (χ0n) is 16.3. The molecule has 154 valence electrons. The molecule has 7 nitrogen and oxygen atoms in total. The second kappa shape index (κ2) is 7.65. The highest BCUT2D eigenvalue weighted by Gasteiger charge is 2.37. The van der Waals surface area contributed by atoms with Gasteiger partial charge in [-0.2, -0.15) is 18.2 Å². The van der Waals surface area contributed by atoms with Crippen LogP contribution in [0.5, 0.6) is 0 Å². The molecule has 2 unspecified atom stereocenters. The van der Waals surface area contributed by atoms with Crippen LogP contribution in [0.2, 0.25) is 0 Å². The van der Waals surface area contributed by atoms with Gasteiger partial charge in [0.25, 0.3) is 11.6 Å². The summed E-state index contributed by atoms with van der Waals surface area (Å²) < 4.78 is 39.7. The largest absolute Gasteiger partial charge is 0.453 e. The maximum atomic E-state index is 12.9. The normalized spacial score (nSPS) is 19.2. The molecule has 2 aromatic rings. The lowest BCUT2D eigenvalue weighted by Crippen LogP contribution is -2.45. The first-order valence-corrected chi connectivity index (χ1v) is 9.41. The smallest absolute Gasteiger partial charge is 0.342 e. The number of fused-ring (bicyclic) bond motifs is 1. The summed E-state index contributed by atoms with van der Waals surface area (Å²) in [5, 5.41) is 3.54. The fourth-order valence-corrected chi connectivity index (χ4v) is 3.75. The molecule has 1 aliphatic heterocycles. The maximum Gasteiger partial charge on any atom is 0.453 e. The minimum Gasteiger partial charge on any atom is -0.342 e. The van der Waals surface area contributed by atoms with Crippen LogP contribution in [0.25, 0.3) is 5.78 Å². The molecule has 0 aliphatic carbocycles. The van der Waals surface area contributed by atoms with Gasteiger partial charge in [-0.05, 0) is 51.5 Å². The molecule has 28 heavy (non-hydrogen) atoms. The fourth-order valence-electron chi connectivity index (χ4n) is 3.75. The van der Waals surface area contributed by atoms with Gasteiger partial charge in [0.05, 0.1) is 0 Å². The van der Waals surface area contributed by atoms with E-state index in [2.05, 4.69) is 15.1 Å². The first kappa shape index (κ1) is 20.5. The third-order valence-corrected chi connectivity index (χ3v) is 5.45. The first-order chi connectivity index (χ1) is 13.1. The molecule has 1 saturated heterocycles. The number of nitrogens with two attached hydrogens (primary N) is 1. The van der Waals surface area contributed by atoms with Crippen LogP contribution in [-0.4, -0.2) is 49.5 Å². The van der Waals surface area contributed by atoms with Crippen LogP contribution in [0.15, 0.2) is 0 Å². The van der Waals surface area contributed by atoms with Crippen molar-refractivity contribution in [2.24, 2.45) is 11.7 Å². The molecule has 0 spiro atoms. The topological polar surface area (TPSA) is 89.4 Å². The molecule has 2 aromatic heterocycles. The van der Waals surface area contributed by atoms with E-state index in [1.54, 1.807) is 13.8 Å². The van der Waals surface area contributed by atoms with Crippen molar-refractivity contribution in [3.63, 3.8) is 0 Å². The van der Waals surface area contributed by atoms with Gasteiger partial charge in [0.15, 0.2) is 0 Å². The molecule has 2 N–H and O–H groups in total. The second-order valence-electron chi connectivity index (χ2n) is 7.51. The Kier molecular flexibility index (Phi) is 5.60. The van der Waals surface area contributed by atoms with E-state index >= 15 is 0 Å². The van der Waals surface area contributed by atoms with Gasteiger partial charge < -0.3 is 10.6 Å². The molecule has 0 aromatic carbocycles. The van der Waals surface area contributed by atoms with Crippen LogP contribution in [0.3, 0.4) is 0 Å². The van der Waals surface area contributed by atoms with Crippen LogP contribution >= 0.6 is 0 Å². The Labute approximate surface area is 161 Å². The number of carbonyl (C=O) groups excluding carboxylic acids is 1. The van der Waals surface area contributed by atoms with Crippen LogP contribution in [0.1, 0.15) is 49.0 Å². The fraction of sp³-hybridized carbons (Fsp3) is 0.667. The zero-order valence-corrected chi connectivity index (χ0v) is 16.3. The number of nitrogens with zero attached hydrogens (tertiary/aromatic N) is 5. The minimum absolute atomic E-state index is 0.0267. The highest BCUT2D eigenvalue weighted by atomic mass is 19.4. The summed E-state index contributed by atoms with van der Waals surface area (Å²) in [5.74, 6) is -0.979. The summed E-state index contributed by atoms with van der Waals surface area (Å²) >= 11 is 0. The van der Waals surface area contributed by atoms with E-state index in [9.17, 15) is 18.0 Å². The van der Waals surface area contributed by atoms with Crippen LogP contribution in [0, 0.1) is 19.8 Å². The number of aryl methyl sites for hydroxylation is 2. The van der Waals surface area contributed by atoms with E-state index in [4.69, 9.17) is 5.73 Å². The number of piperidine rings is 1. The van der Waals surface area contributed by atoms with Gasteiger partial charge in [-0.15, -0.1) is 5.10 Å². The molecule has 10 heteroatoms. The van der Waals surface area contributed by atoms with E-state index in [1.165, 1.54) is 0 Å². The predicted molar refractivity (Wildman–Crippen MR) is 96.5 cm³/mol. The second-order valence-corrected chi connectivity index (χ2v) is 7.51. The summed E-state index contributed by atoms with van der Waals surface area (Å²) in [5.41, 5.74) is 7.78. The summed E-state index contributed by atoms with van der Waals surface area (Å²) in [7, 11) is 0. The van der Waals surface area contributed by atoms with Gasteiger partial charge in [-0.1, -0.05) is 0 Å². The maximum absolute atomic E-state index is 12.9. The summed E-state index contributed by atoms with van der Waals surface area (Å²) in [6.07, 6.45) is -2.02. The third kappa shape index (κ3) is 4.11. The van der Waals surface area contributed by atoms with Gasteiger partial charge in [-0.25, -0.2) is 9.50 Å². The molecule has 1 aliphatic rings. The predicted octanol–water partition coefficient (Wildman–Crippen LogP) is 2.28. The van der Waals surface area contributed by atoms with E-state index in [0.29, 0.717) is 30.3 Å². The SMILES string of the molecule is Cc1nc2nc(C(F)(F)F)nn2c(C)c1CCC(=O)N1CCCC(C(C)N)C1. The molecular formula is C18H25F3N6O. The number of aromatic nitrogens is 4. The zero-order chi connectivity index (χ0) is 20.6. The monoisotopic (exact) mass is 398 g/mol. The first-order valence-electron chi connectivity index (χ1n) is 9.41. The van der Waals surface area contributed by atoms with Crippen molar-refractivity contribution in [1.82, 2.24) is 24.5 Å². The highest BCUT2D eigenvalue weighted by molar-refractivity contribution is 5.76. The molecule has 0 bridgehead atoms. The van der Waals surface area contributed by atoms with E-state index < -0.39 is 12.0 Å². The van der Waals surface area contributed by atoms with E-state index in [-0.39, 0.29) is 24.1 Å². The Bertz CT molecular complexity index is 876. The number of hydrogen-bond donors (Lipinski definition) is 1. The Hall–Kier alpha value is -2.23. The van der Waals surface area contributed by atoms with Crippen molar-refractivity contribution in [1.29, 1.82) is 0 Å². The molecule has 1 fully saturated rings. The van der Waals surface area contributed by atoms with Gasteiger partial charge in [-0.3, -0.25) is 4.79 Å². The van der Waals surface area contributed by atoms with Gasteiger partial charge in [0, 0.05) is 36.9 Å². The molecular weight excluding hydrogens is 373 g/mol. The average molecular weight is 398 g/mol. The number of halogens is 3. The molecule has 2 atom stereocenters. The summed E-state index contributed by atoms with van der Waals surface area (Å²) in [4.78, 5) is 22.1. The van der Waals surface area contributed by atoms with Crippen LogP contribution in [0.4, 0.5) is 13.2 Å². The molecule has 1 amide bonds. The molecule has 0 saturated carbocycles.